The molecule has 0 saturated heterocycles. The lowest BCUT2D eigenvalue weighted by Gasteiger charge is -2.26. The second kappa shape index (κ2) is 6.75. The van der Waals surface area contributed by atoms with E-state index in [1.165, 1.54) is 5.56 Å². The monoisotopic (exact) mass is 351 g/mol. The molecule has 1 aliphatic heterocycles. The van der Waals surface area contributed by atoms with Gasteiger partial charge < -0.3 is 19.2 Å². The summed E-state index contributed by atoms with van der Waals surface area (Å²) in [5, 5.41) is 3.92. The number of carbonyl (C=O) groups is 1. The normalized spacial score (nSPS) is 15.8. The number of hydrogen-bond donors (Lipinski definition) is 1. The largest absolute Gasteiger partial charge is 0.486 e. The highest BCUT2D eigenvalue weighted by Crippen LogP contribution is 2.30. The molecule has 5 heteroatoms. The summed E-state index contributed by atoms with van der Waals surface area (Å²) in [5.74, 6) is 1.39. The summed E-state index contributed by atoms with van der Waals surface area (Å²) in [7, 11) is 0. The maximum absolute atomic E-state index is 12.3. The van der Waals surface area contributed by atoms with Gasteiger partial charge in [0, 0.05) is 10.9 Å². The standard InChI is InChI=1S/C21H21NO4/c1-13-7-8-17-15(11-25-21(17)14(13)2)9-20(23)22-10-16-12-24-18-5-3-4-6-19(18)26-16/h3-8,11,16H,9-10,12H2,1-2H3,(H,22,23)/t16-/m1/s1. The Morgan fingerprint density at radius 1 is 1.15 bits per heavy atom. The number of rotatable bonds is 4. The van der Waals surface area contributed by atoms with E-state index in [1.54, 1.807) is 6.26 Å². The zero-order chi connectivity index (χ0) is 18.1. The van der Waals surface area contributed by atoms with Crippen LogP contribution in [0.3, 0.4) is 0 Å². The van der Waals surface area contributed by atoms with E-state index in [0.717, 1.165) is 27.8 Å². The molecule has 0 saturated carbocycles. The SMILES string of the molecule is Cc1ccc2c(CC(=O)NC[C@@H]3COc4ccccc4O3)coc2c1C. The fraction of sp³-hybridized carbons (Fsp3) is 0.286. The lowest BCUT2D eigenvalue weighted by Crippen LogP contribution is -2.41. The molecule has 134 valence electrons. The van der Waals surface area contributed by atoms with E-state index in [9.17, 15) is 4.79 Å². The first kappa shape index (κ1) is 16.5. The molecule has 3 aromatic rings. The minimum absolute atomic E-state index is 0.0617. The van der Waals surface area contributed by atoms with Gasteiger partial charge in [0.15, 0.2) is 11.5 Å². The van der Waals surface area contributed by atoms with E-state index >= 15 is 0 Å². The summed E-state index contributed by atoms with van der Waals surface area (Å²) >= 11 is 0. The van der Waals surface area contributed by atoms with Gasteiger partial charge in [-0.25, -0.2) is 0 Å². The Labute approximate surface area is 151 Å². The number of benzene rings is 2. The van der Waals surface area contributed by atoms with Crippen molar-refractivity contribution >= 4 is 16.9 Å². The molecule has 0 aliphatic carbocycles. The van der Waals surface area contributed by atoms with Crippen molar-refractivity contribution < 1.29 is 18.7 Å². The maximum atomic E-state index is 12.3. The lowest BCUT2D eigenvalue weighted by atomic mass is 10.0. The highest BCUT2D eigenvalue weighted by atomic mass is 16.6. The fourth-order valence-electron chi connectivity index (χ4n) is 3.15. The van der Waals surface area contributed by atoms with Crippen molar-refractivity contribution in [2.24, 2.45) is 0 Å². The Morgan fingerprint density at radius 3 is 2.81 bits per heavy atom. The molecule has 5 nitrogen and oxygen atoms in total. The first-order chi connectivity index (χ1) is 12.6. The zero-order valence-electron chi connectivity index (χ0n) is 14.9. The Morgan fingerprint density at radius 2 is 1.96 bits per heavy atom. The molecule has 26 heavy (non-hydrogen) atoms. The molecule has 0 unspecified atom stereocenters. The van der Waals surface area contributed by atoms with Gasteiger partial charge in [0.05, 0.1) is 19.2 Å². The minimum Gasteiger partial charge on any atom is -0.486 e. The highest BCUT2D eigenvalue weighted by molar-refractivity contribution is 5.89. The molecule has 1 atom stereocenters. The molecule has 2 heterocycles. The smallest absolute Gasteiger partial charge is 0.224 e. The average molecular weight is 351 g/mol. The molecule has 1 aliphatic rings. The molecule has 0 bridgehead atoms. The number of fused-ring (bicyclic) bond motifs is 2. The molecule has 1 amide bonds. The van der Waals surface area contributed by atoms with Crippen LogP contribution < -0.4 is 14.8 Å². The number of amides is 1. The molecule has 0 radical (unpaired) electrons. The van der Waals surface area contributed by atoms with Gasteiger partial charge in [-0.2, -0.15) is 0 Å². The van der Waals surface area contributed by atoms with Crippen LogP contribution in [0, 0.1) is 13.8 Å². The van der Waals surface area contributed by atoms with Gasteiger partial charge in [-0.1, -0.05) is 24.3 Å². The van der Waals surface area contributed by atoms with E-state index in [2.05, 4.69) is 11.4 Å². The van der Waals surface area contributed by atoms with Gasteiger partial charge in [0.2, 0.25) is 5.91 Å². The van der Waals surface area contributed by atoms with Crippen molar-refractivity contribution in [3.8, 4) is 11.5 Å². The van der Waals surface area contributed by atoms with Crippen LogP contribution in [0.15, 0.2) is 47.1 Å². The van der Waals surface area contributed by atoms with Crippen LogP contribution in [0.1, 0.15) is 16.7 Å². The second-order valence-electron chi connectivity index (χ2n) is 6.62. The van der Waals surface area contributed by atoms with Crippen molar-refractivity contribution in [2.45, 2.75) is 26.4 Å². The highest BCUT2D eigenvalue weighted by Gasteiger charge is 2.21. The van der Waals surface area contributed by atoms with Crippen molar-refractivity contribution in [1.82, 2.24) is 5.32 Å². The topological polar surface area (TPSA) is 60.7 Å². The van der Waals surface area contributed by atoms with Crippen molar-refractivity contribution in [1.29, 1.82) is 0 Å². The number of aryl methyl sites for hydroxylation is 2. The van der Waals surface area contributed by atoms with Crippen molar-refractivity contribution in [3.05, 3.63) is 59.4 Å². The first-order valence-corrected chi connectivity index (χ1v) is 8.73. The van der Waals surface area contributed by atoms with Gasteiger partial charge in [0.1, 0.15) is 18.3 Å². The minimum atomic E-state index is -0.195. The second-order valence-corrected chi connectivity index (χ2v) is 6.62. The number of furan rings is 1. The number of nitrogens with one attached hydrogen (secondary N) is 1. The van der Waals surface area contributed by atoms with E-state index in [-0.39, 0.29) is 18.4 Å². The zero-order valence-corrected chi connectivity index (χ0v) is 14.9. The maximum Gasteiger partial charge on any atom is 0.224 e. The number of carbonyl (C=O) groups excluding carboxylic acids is 1. The van der Waals surface area contributed by atoms with E-state index in [4.69, 9.17) is 13.9 Å². The van der Waals surface area contributed by atoms with E-state index in [1.807, 2.05) is 44.2 Å². The van der Waals surface area contributed by atoms with Crippen molar-refractivity contribution in [2.75, 3.05) is 13.2 Å². The van der Waals surface area contributed by atoms with Gasteiger partial charge in [-0.3, -0.25) is 4.79 Å². The number of hydrogen-bond acceptors (Lipinski definition) is 4. The Hall–Kier alpha value is -2.95. The van der Waals surface area contributed by atoms with Crippen LogP contribution >= 0.6 is 0 Å². The quantitative estimate of drug-likeness (QED) is 0.781. The Kier molecular flexibility index (Phi) is 4.29. The van der Waals surface area contributed by atoms with Crippen LogP contribution in [0.4, 0.5) is 0 Å². The van der Waals surface area contributed by atoms with Crippen molar-refractivity contribution in [3.63, 3.8) is 0 Å². The summed E-state index contributed by atoms with van der Waals surface area (Å²) in [4.78, 5) is 12.3. The molecular weight excluding hydrogens is 330 g/mol. The summed E-state index contributed by atoms with van der Waals surface area (Å²) < 4.78 is 17.2. The van der Waals surface area contributed by atoms with Gasteiger partial charge in [-0.05, 0) is 37.1 Å². The molecule has 0 spiro atoms. The summed E-state index contributed by atoms with van der Waals surface area (Å²) in [5.41, 5.74) is 4.04. The van der Waals surface area contributed by atoms with Crippen LogP contribution in [-0.4, -0.2) is 25.2 Å². The molecule has 4 rings (SSSR count). The van der Waals surface area contributed by atoms with Gasteiger partial charge in [0.25, 0.3) is 0 Å². The fourth-order valence-corrected chi connectivity index (χ4v) is 3.15. The van der Waals surface area contributed by atoms with Crippen LogP contribution in [0.2, 0.25) is 0 Å². The number of ether oxygens (including phenoxy) is 2. The predicted molar refractivity (Wildman–Crippen MR) is 98.8 cm³/mol. The third-order valence-corrected chi connectivity index (χ3v) is 4.79. The van der Waals surface area contributed by atoms with E-state index in [0.29, 0.717) is 18.9 Å². The third kappa shape index (κ3) is 3.12. The van der Waals surface area contributed by atoms with Gasteiger partial charge >= 0.3 is 0 Å². The average Bonchev–Trinajstić information content (AvgIpc) is 3.06. The predicted octanol–water partition coefficient (Wildman–Crippen LogP) is 3.55. The lowest BCUT2D eigenvalue weighted by molar-refractivity contribution is -0.120. The number of para-hydroxylation sites is 2. The molecular formula is C21H21NO4. The third-order valence-electron chi connectivity index (χ3n) is 4.79. The summed E-state index contributed by atoms with van der Waals surface area (Å²) in [6.45, 7) is 4.91. The van der Waals surface area contributed by atoms with Crippen LogP contribution in [0.25, 0.3) is 11.0 Å². The molecule has 1 aromatic heterocycles. The molecule has 0 fully saturated rings. The molecule has 2 aromatic carbocycles. The summed E-state index contributed by atoms with van der Waals surface area (Å²) in [6, 6.07) is 11.6. The Balaban J connectivity index is 1.37. The van der Waals surface area contributed by atoms with Crippen LogP contribution in [-0.2, 0) is 11.2 Å². The molecule has 1 N–H and O–H groups in total. The van der Waals surface area contributed by atoms with Crippen LogP contribution in [0.5, 0.6) is 11.5 Å². The first-order valence-electron chi connectivity index (χ1n) is 8.73. The van der Waals surface area contributed by atoms with E-state index < -0.39 is 0 Å². The summed E-state index contributed by atoms with van der Waals surface area (Å²) in [6.07, 6.45) is 1.76. The van der Waals surface area contributed by atoms with Gasteiger partial charge in [-0.15, -0.1) is 0 Å². The Bertz CT molecular complexity index is 960.